The van der Waals surface area contributed by atoms with Gasteiger partial charge in [0.25, 0.3) is 0 Å². The van der Waals surface area contributed by atoms with E-state index >= 15 is 0 Å². The number of rotatable bonds is 1. The summed E-state index contributed by atoms with van der Waals surface area (Å²) in [6.45, 7) is 9.15. The van der Waals surface area contributed by atoms with Gasteiger partial charge in [0.15, 0.2) is 0 Å². The maximum Gasteiger partial charge on any atom is 0.133 e. The Bertz CT molecular complexity index is 581. The van der Waals surface area contributed by atoms with Crippen LogP contribution in [0.15, 0.2) is 0 Å². The van der Waals surface area contributed by atoms with Crippen molar-refractivity contribution < 1.29 is 9.59 Å². The third-order valence-corrected chi connectivity index (χ3v) is 9.66. The Labute approximate surface area is 147 Å². The molecule has 0 amide bonds. The molecule has 0 radical (unpaired) electrons. The van der Waals surface area contributed by atoms with E-state index in [-0.39, 0.29) is 10.8 Å². The molecule has 4 rings (SSSR count). The van der Waals surface area contributed by atoms with E-state index in [9.17, 15) is 9.59 Å². The SMILES string of the molecule is CC(=O)[C@@H]1CC[C@@H]2[C@H]3CC[C@]4(C)CC(=O)CC[C@]4(C)[C@@H]3CC[C@@]21C. The molecule has 0 N–H and O–H groups in total. The zero-order valence-electron chi connectivity index (χ0n) is 16.0. The molecule has 0 aromatic heterocycles. The summed E-state index contributed by atoms with van der Waals surface area (Å²) >= 11 is 0. The first-order valence-electron chi connectivity index (χ1n) is 10.2. The zero-order chi connectivity index (χ0) is 17.3. The number of ketones is 2. The Morgan fingerprint density at radius 3 is 2.42 bits per heavy atom. The van der Waals surface area contributed by atoms with Crippen LogP contribution >= 0.6 is 0 Å². The highest BCUT2D eigenvalue weighted by Gasteiger charge is 2.63. The molecule has 134 valence electrons. The number of hydrogen-bond donors (Lipinski definition) is 0. The van der Waals surface area contributed by atoms with Gasteiger partial charge in [-0.2, -0.15) is 0 Å². The zero-order valence-corrected chi connectivity index (χ0v) is 16.0. The van der Waals surface area contributed by atoms with Gasteiger partial charge in [0.05, 0.1) is 0 Å². The monoisotopic (exact) mass is 330 g/mol. The third kappa shape index (κ3) is 2.01. The lowest BCUT2D eigenvalue weighted by Gasteiger charge is -2.64. The fraction of sp³-hybridized carbons (Fsp3) is 0.909. The van der Waals surface area contributed by atoms with Crippen LogP contribution in [0.5, 0.6) is 0 Å². The van der Waals surface area contributed by atoms with Crippen LogP contribution in [-0.2, 0) is 9.59 Å². The number of Topliss-reactive ketones (excluding diaryl/α,β-unsaturated/α-hetero) is 2. The molecule has 0 aromatic rings. The van der Waals surface area contributed by atoms with Gasteiger partial charge in [-0.15, -0.1) is 0 Å². The Morgan fingerprint density at radius 1 is 0.958 bits per heavy atom. The molecule has 0 aliphatic heterocycles. The lowest BCUT2D eigenvalue weighted by atomic mass is 9.40. The van der Waals surface area contributed by atoms with E-state index in [0.29, 0.717) is 22.9 Å². The molecule has 4 saturated carbocycles. The summed E-state index contributed by atoms with van der Waals surface area (Å²) in [7, 11) is 0. The number of fused-ring (bicyclic) bond motifs is 5. The maximum absolute atomic E-state index is 12.2. The molecular formula is C22H34O2. The largest absolute Gasteiger partial charge is 0.300 e. The van der Waals surface area contributed by atoms with E-state index in [1.54, 1.807) is 0 Å². The molecule has 0 heterocycles. The molecule has 4 aliphatic rings. The minimum absolute atomic E-state index is 0.218. The molecule has 0 saturated heterocycles. The molecule has 4 aliphatic carbocycles. The Balaban J connectivity index is 1.66. The first-order valence-corrected chi connectivity index (χ1v) is 10.2. The van der Waals surface area contributed by atoms with E-state index in [1.807, 2.05) is 6.92 Å². The van der Waals surface area contributed by atoms with E-state index in [1.165, 1.54) is 32.1 Å². The fourth-order valence-electron chi connectivity index (χ4n) is 8.07. The smallest absolute Gasteiger partial charge is 0.133 e. The third-order valence-electron chi connectivity index (χ3n) is 9.66. The van der Waals surface area contributed by atoms with Crippen molar-refractivity contribution in [2.75, 3.05) is 0 Å². The summed E-state index contributed by atoms with van der Waals surface area (Å²) in [5.74, 6) is 3.52. The van der Waals surface area contributed by atoms with Gasteiger partial charge in [-0.25, -0.2) is 0 Å². The summed E-state index contributed by atoms with van der Waals surface area (Å²) in [6, 6.07) is 0. The van der Waals surface area contributed by atoms with Crippen LogP contribution in [0.3, 0.4) is 0 Å². The predicted molar refractivity (Wildman–Crippen MR) is 95.5 cm³/mol. The van der Waals surface area contributed by atoms with Gasteiger partial charge < -0.3 is 0 Å². The number of hydrogen-bond acceptors (Lipinski definition) is 2. The first kappa shape index (κ1) is 16.8. The average Bonchev–Trinajstić information content (AvgIpc) is 2.86. The highest BCUT2D eigenvalue weighted by molar-refractivity contribution is 5.80. The molecule has 0 aromatic carbocycles. The molecule has 4 fully saturated rings. The predicted octanol–water partition coefficient (Wildman–Crippen LogP) is 5.19. The second kappa shape index (κ2) is 5.17. The lowest BCUT2D eigenvalue weighted by Crippen LogP contribution is -2.57. The minimum Gasteiger partial charge on any atom is -0.300 e. The summed E-state index contributed by atoms with van der Waals surface area (Å²) in [6.07, 6.45) is 10.1. The lowest BCUT2D eigenvalue weighted by molar-refractivity contribution is -0.164. The van der Waals surface area contributed by atoms with Crippen molar-refractivity contribution in [2.24, 2.45) is 39.9 Å². The maximum atomic E-state index is 12.2. The van der Waals surface area contributed by atoms with Gasteiger partial charge in [-0.1, -0.05) is 20.8 Å². The fourth-order valence-corrected chi connectivity index (χ4v) is 8.07. The Kier molecular flexibility index (Phi) is 3.62. The molecule has 0 spiro atoms. The number of carbonyl (C=O) groups is 2. The van der Waals surface area contributed by atoms with Gasteiger partial charge in [0.2, 0.25) is 0 Å². The van der Waals surface area contributed by atoms with Gasteiger partial charge in [0, 0.05) is 18.8 Å². The van der Waals surface area contributed by atoms with Crippen molar-refractivity contribution in [1.82, 2.24) is 0 Å². The molecule has 0 bridgehead atoms. The Hall–Kier alpha value is -0.660. The van der Waals surface area contributed by atoms with Crippen LogP contribution in [0.2, 0.25) is 0 Å². The molecule has 7 atom stereocenters. The van der Waals surface area contributed by atoms with Crippen LogP contribution < -0.4 is 0 Å². The first-order chi connectivity index (χ1) is 11.2. The van der Waals surface area contributed by atoms with Gasteiger partial charge >= 0.3 is 0 Å². The highest BCUT2D eigenvalue weighted by Crippen LogP contribution is 2.70. The van der Waals surface area contributed by atoms with E-state index in [0.717, 1.165) is 43.4 Å². The molecule has 2 nitrogen and oxygen atoms in total. The quantitative estimate of drug-likeness (QED) is 0.662. The van der Waals surface area contributed by atoms with Crippen molar-refractivity contribution in [3.05, 3.63) is 0 Å². The van der Waals surface area contributed by atoms with Crippen LogP contribution in [0.25, 0.3) is 0 Å². The van der Waals surface area contributed by atoms with E-state index in [4.69, 9.17) is 0 Å². The standard InChI is InChI=1S/C22H34O2/c1-14(23)17-5-6-18-16-8-10-20(2)13-15(24)7-12-22(20,4)19(16)9-11-21(17,18)3/h16-19H,5-13H2,1-4H3/t16-,17+,18-,19-,20-,21-,22-/m1/s1. The van der Waals surface area contributed by atoms with Gasteiger partial charge in [-0.05, 0) is 85.9 Å². The molecule has 24 heavy (non-hydrogen) atoms. The second-order valence-electron chi connectivity index (χ2n) is 10.4. The Morgan fingerprint density at radius 2 is 1.71 bits per heavy atom. The van der Waals surface area contributed by atoms with Crippen molar-refractivity contribution in [2.45, 2.75) is 85.5 Å². The molecular weight excluding hydrogens is 296 g/mol. The average molecular weight is 331 g/mol. The van der Waals surface area contributed by atoms with Crippen LogP contribution in [0.4, 0.5) is 0 Å². The van der Waals surface area contributed by atoms with Crippen LogP contribution in [0, 0.1) is 39.9 Å². The topological polar surface area (TPSA) is 34.1 Å². The van der Waals surface area contributed by atoms with E-state index < -0.39 is 0 Å². The highest BCUT2D eigenvalue weighted by atomic mass is 16.1. The minimum atomic E-state index is 0.218. The summed E-state index contributed by atoms with van der Waals surface area (Å²) in [5.41, 5.74) is 0.802. The normalized spacial score (nSPS) is 53.9. The van der Waals surface area contributed by atoms with Gasteiger partial charge in [0.1, 0.15) is 11.6 Å². The second-order valence-corrected chi connectivity index (χ2v) is 10.4. The summed E-state index contributed by atoms with van der Waals surface area (Å²) in [5, 5.41) is 0. The van der Waals surface area contributed by atoms with Gasteiger partial charge in [-0.3, -0.25) is 9.59 Å². The van der Waals surface area contributed by atoms with Crippen molar-refractivity contribution in [1.29, 1.82) is 0 Å². The molecule has 2 heteroatoms. The number of carbonyl (C=O) groups excluding carboxylic acids is 2. The van der Waals surface area contributed by atoms with E-state index in [2.05, 4.69) is 20.8 Å². The van der Waals surface area contributed by atoms with Crippen molar-refractivity contribution >= 4 is 11.6 Å². The van der Waals surface area contributed by atoms with Crippen LogP contribution in [0.1, 0.15) is 85.5 Å². The van der Waals surface area contributed by atoms with Crippen LogP contribution in [-0.4, -0.2) is 11.6 Å². The van der Waals surface area contributed by atoms with Crippen molar-refractivity contribution in [3.63, 3.8) is 0 Å². The summed E-state index contributed by atoms with van der Waals surface area (Å²) in [4.78, 5) is 24.3. The molecule has 0 unspecified atom stereocenters. The summed E-state index contributed by atoms with van der Waals surface area (Å²) < 4.78 is 0. The van der Waals surface area contributed by atoms with Crippen molar-refractivity contribution in [3.8, 4) is 0 Å².